The van der Waals surface area contributed by atoms with E-state index in [1.807, 2.05) is 0 Å². The lowest BCUT2D eigenvalue weighted by atomic mass is 9.82. The first kappa shape index (κ1) is 22.1. The highest BCUT2D eigenvalue weighted by atomic mass is 16.3. The monoisotopic (exact) mass is 379 g/mol. The Morgan fingerprint density at radius 2 is 1.61 bits per heavy atom. The largest absolute Gasteiger partial charge is 0.513 e. The predicted molar refractivity (Wildman–Crippen MR) is 124 cm³/mol. The molecule has 2 aromatic carbocycles. The zero-order valence-electron chi connectivity index (χ0n) is 18.8. The van der Waals surface area contributed by atoms with Gasteiger partial charge in [0.05, 0.1) is 5.76 Å². The lowest BCUT2D eigenvalue weighted by molar-refractivity contribution is 0.401. The van der Waals surface area contributed by atoms with Gasteiger partial charge in [-0.2, -0.15) is 0 Å². The van der Waals surface area contributed by atoms with Gasteiger partial charge in [-0.25, -0.2) is 0 Å². The summed E-state index contributed by atoms with van der Waals surface area (Å²) >= 11 is 0. The van der Waals surface area contributed by atoms with E-state index in [-0.39, 0.29) is 5.76 Å². The van der Waals surface area contributed by atoms with E-state index < -0.39 is 0 Å². The number of aliphatic hydroxyl groups is 1. The van der Waals surface area contributed by atoms with Crippen molar-refractivity contribution in [1.82, 2.24) is 0 Å². The van der Waals surface area contributed by atoms with Gasteiger partial charge in [-0.3, -0.25) is 0 Å². The number of anilines is 1. The van der Waals surface area contributed by atoms with Crippen molar-refractivity contribution < 1.29 is 5.11 Å². The normalized spacial score (nSPS) is 11.1. The van der Waals surface area contributed by atoms with E-state index >= 15 is 0 Å². The smallest absolute Gasteiger partial charge is 0.0895 e. The summed E-state index contributed by atoms with van der Waals surface area (Å²) in [6.07, 6.45) is 2.62. The molecule has 0 aromatic heterocycles. The van der Waals surface area contributed by atoms with Crippen molar-refractivity contribution in [2.24, 2.45) is 5.92 Å². The zero-order chi connectivity index (χ0) is 21.0. The van der Waals surface area contributed by atoms with Gasteiger partial charge in [0.2, 0.25) is 0 Å². The van der Waals surface area contributed by atoms with Crippen molar-refractivity contribution in [3.8, 4) is 11.1 Å². The maximum atomic E-state index is 10.1. The molecule has 0 atom stereocenters. The third-order valence-corrected chi connectivity index (χ3v) is 5.49. The maximum absolute atomic E-state index is 10.1. The molecule has 0 aliphatic carbocycles. The number of allylic oxidation sites excluding steroid dienone is 1. The molecule has 0 saturated carbocycles. The topological polar surface area (TPSA) is 23.5 Å². The van der Waals surface area contributed by atoms with Crippen molar-refractivity contribution in [2.45, 2.75) is 60.8 Å². The van der Waals surface area contributed by atoms with Crippen LogP contribution in [0.2, 0.25) is 0 Å². The first-order valence-corrected chi connectivity index (χ1v) is 10.5. The molecule has 0 bridgehead atoms. The van der Waals surface area contributed by atoms with Crippen LogP contribution in [0.4, 0.5) is 5.69 Å². The van der Waals surface area contributed by atoms with Gasteiger partial charge in [-0.15, -0.1) is 0 Å². The Bertz CT molecular complexity index is 831. The van der Waals surface area contributed by atoms with Gasteiger partial charge in [0.15, 0.2) is 0 Å². The van der Waals surface area contributed by atoms with Crippen LogP contribution in [-0.4, -0.2) is 18.7 Å². The van der Waals surface area contributed by atoms with Crippen molar-refractivity contribution in [1.29, 1.82) is 0 Å². The van der Waals surface area contributed by atoms with Crippen LogP contribution < -0.4 is 4.90 Å². The molecule has 0 fully saturated rings. The van der Waals surface area contributed by atoms with Gasteiger partial charge >= 0.3 is 0 Å². The second-order valence-electron chi connectivity index (χ2n) is 8.56. The third-order valence-electron chi connectivity index (χ3n) is 5.49. The van der Waals surface area contributed by atoms with Crippen LogP contribution in [0.15, 0.2) is 36.6 Å². The molecule has 0 heterocycles. The molecule has 0 spiro atoms. The standard InChI is InChI=1S/C26H37NO/c1-9-14-27(8)26-20(6)23(15-17(2)3)25(22-12-10-18(4)11-13-22)24(21(26)7)16-19(5)28/h10-13,17,28H,5,9,14-16H2,1-4,6-8H3. The number of hydrogen-bond acceptors (Lipinski definition) is 2. The van der Waals surface area contributed by atoms with Crippen LogP contribution in [0.3, 0.4) is 0 Å². The van der Waals surface area contributed by atoms with Crippen molar-refractivity contribution >= 4 is 5.69 Å². The Balaban J connectivity index is 2.89. The second kappa shape index (κ2) is 9.32. The molecule has 2 heteroatoms. The first-order chi connectivity index (χ1) is 13.2. The molecule has 2 nitrogen and oxygen atoms in total. The zero-order valence-corrected chi connectivity index (χ0v) is 18.8. The highest BCUT2D eigenvalue weighted by Gasteiger charge is 2.23. The Morgan fingerprint density at radius 1 is 1.04 bits per heavy atom. The van der Waals surface area contributed by atoms with Crippen molar-refractivity contribution in [3.63, 3.8) is 0 Å². The molecule has 0 amide bonds. The van der Waals surface area contributed by atoms with Gasteiger partial charge < -0.3 is 10.0 Å². The van der Waals surface area contributed by atoms with E-state index in [0.717, 1.165) is 19.4 Å². The number of aliphatic hydroxyl groups excluding tert-OH is 1. The Kier molecular flexibility index (Phi) is 7.35. The summed E-state index contributed by atoms with van der Waals surface area (Å²) in [7, 11) is 2.18. The fourth-order valence-electron chi connectivity index (χ4n) is 4.30. The molecule has 152 valence electrons. The number of nitrogens with zero attached hydrogens (tertiary/aromatic N) is 1. The summed E-state index contributed by atoms with van der Waals surface area (Å²) in [5.74, 6) is 0.778. The van der Waals surface area contributed by atoms with Crippen LogP contribution in [0.1, 0.15) is 55.0 Å². The van der Waals surface area contributed by atoms with Gasteiger partial charge in [0.1, 0.15) is 0 Å². The van der Waals surface area contributed by atoms with Crippen molar-refractivity contribution in [2.75, 3.05) is 18.5 Å². The minimum absolute atomic E-state index is 0.222. The summed E-state index contributed by atoms with van der Waals surface area (Å²) < 4.78 is 0. The van der Waals surface area contributed by atoms with E-state index in [1.54, 1.807) is 0 Å². The molecule has 2 aromatic rings. The number of benzene rings is 2. The molecule has 0 aliphatic rings. The SMILES string of the molecule is C=C(O)Cc1c(C)c(N(C)CCC)c(C)c(CC(C)C)c1-c1ccc(C)cc1. The average molecular weight is 380 g/mol. The summed E-state index contributed by atoms with van der Waals surface area (Å²) in [6.45, 7) is 18.2. The summed E-state index contributed by atoms with van der Waals surface area (Å²) in [5, 5.41) is 10.1. The van der Waals surface area contributed by atoms with E-state index in [4.69, 9.17) is 0 Å². The minimum atomic E-state index is 0.222. The van der Waals surface area contributed by atoms with Crippen LogP contribution in [0.5, 0.6) is 0 Å². The molecule has 28 heavy (non-hydrogen) atoms. The highest BCUT2D eigenvalue weighted by Crippen LogP contribution is 2.41. The summed E-state index contributed by atoms with van der Waals surface area (Å²) in [5.41, 5.74) is 10.3. The van der Waals surface area contributed by atoms with Crippen LogP contribution in [0.25, 0.3) is 11.1 Å². The van der Waals surface area contributed by atoms with Gasteiger partial charge in [-0.05, 0) is 72.9 Å². The molecule has 1 N–H and O–H groups in total. The van der Waals surface area contributed by atoms with Gasteiger partial charge in [-0.1, -0.05) is 57.2 Å². The fraction of sp³-hybridized carbons (Fsp3) is 0.462. The fourth-order valence-corrected chi connectivity index (χ4v) is 4.30. The highest BCUT2D eigenvalue weighted by molar-refractivity contribution is 5.80. The molecule has 0 radical (unpaired) electrons. The average Bonchev–Trinajstić information content (AvgIpc) is 2.60. The summed E-state index contributed by atoms with van der Waals surface area (Å²) in [6, 6.07) is 8.78. The Morgan fingerprint density at radius 3 is 2.11 bits per heavy atom. The maximum Gasteiger partial charge on any atom is 0.0895 e. The van der Waals surface area contributed by atoms with E-state index in [0.29, 0.717) is 12.3 Å². The minimum Gasteiger partial charge on any atom is -0.513 e. The van der Waals surface area contributed by atoms with Crippen LogP contribution in [-0.2, 0) is 12.8 Å². The lowest BCUT2D eigenvalue weighted by Crippen LogP contribution is -2.22. The van der Waals surface area contributed by atoms with Crippen LogP contribution in [0, 0.1) is 26.7 Å². The molecular weight excluding hydrogens is 342 g/mol. The molecule has 0 aliphatic heterocycles. The molecule has 2 rings (SSSR count). The van der Waals surface area contributed by atoms with E-state index in [1.165, 1.54) is 44.6 Å². The van der Waals surface area contributed by atoms with Gasteiger partial charge in [0.25, 0.3) is 0 Å². The predicted octanol–water partition coefficient (Wildman–Crippen LogP) is 6.94. The van der Waals surface area contributed by atoms with Gasteiger partial charge in [0, 0.05) is 25.7 Å². The first-order valence-electron chi connectivity index (χ1n) is 10.5. The van der Waals surface area contributed by atoms with Crippen LogP contribution >= 0.6 is 0 Å². The lowest BCUT2D eigenvalue weighted by Gasteiger charge is -2.30. The number of hydrogen-bond donors (Lipinski definition) is 1. The Hall–Kier alpha value is -2.22. The van der Waals surface area contributed by atoms with E-state index in [2.05, 4.69) is 84.3 Å². The molecule has 0 saturated heterocycles. The molecule has 0 unspecified atom stereocenters. The Labute approximate surface area is 171 Å². The van der Waals surface area contributed by atoms with E-state index in [9.17, 15) is 5.11 Å². The summed E-state index contributed by atoms with van der Waals surface area (Å²) in [4.78, 5) is 2.37. The second-order valence-corrected chi connectivity index (χ2v) is 8.56. The number of rotatable bonds is 8. The molecular formula is C26H37NO. The number of aryl methyl sites for hydroxylation is 1. The third kappa shape index (κ3) is 4.79. The van der Waals surface area contributed by atoms with Crippen molar-refractivity contribution in [3.05, 3.63) is 64.4 Å². The quantitative estimate of drug-likeness (QED) is 0.502.